The maximum Gasteiger partial charge on any atom is 0.0877 e. The lowest BCUT2D eigenvalue weighted by Gasteiger charge is -2.39. The highest BCUT2D eigenvalue weighted by atomic mass is 16.5. The fraction of sp³-hybridized carbons (Fsp3) is 0.167. The van der Waals surface area contributed by atoms with E-state index in [9.17, 15) is 0 Å². The van der Waals surface area contributed by atoms with Gasteiger partial charge < -0.3 is 4.74 Å². The van der Waals surface area contributed by atoms with Gasteiger partial charge in [0, 0.05) is 12.8 Å². The van der Waals surface area contributed by atoms with Gasteiger partial charge in [0.15, 0.2) is 0 Å². The first-order valence-corrected chi connectivity index (χ1v) is 9.05. The van der Waals surface area contributed by atoms with E-state index in [2.05, 4.69) is 72.8 Å². The van der Waals surface area contributed by atoms with Crippen LogP contribution < -0.4 is 0 Å². The second-order valence-corrected chi connectivity index (χ2v) is 7.23. The molecule has 120 valence electrons. The molecule has 0 saturated heterocycles. The maximum absolute atomic E-state index is 6.47. The number of hydrogen-bond acceptors (Lipinski definition) is 1. The van der Waals surface area contributed by atoms with Crippen molar-refractivity contribution >= 4 is 21.5 Å². The Kier molecular flexibility index (Phi) is 2.69. The highest BCUT2D eigenvalue weighted by Gasteiger charge is 2.35. The largest absolute Gasteiger partial charge is 0.365 e. The molecule has 4 aromatic rings. The van der Waals surface area contributed by atoms with Crippen LogP contribution in [0.25, 0.3) is 21.5 Å². The van der Waals surface area contributed by atoms with Crippen LogP contribution in [0.5, 0.6) is 0 Å². The van der Waals surface area contributed by atoms with E-state index in [4.69, 9.17) is 4.74 Å². The second kappa shape index (κ2) is 4.93. The zero-order valence-electron chi connectivity index (χ0n) is 13.9. The van der Waals surface area contributed by atoms with Gasteiger partial charge in [0.05, 0.1) is 12.2 Å². The smallest absolute Gasteiger partial charge is 0.0877 e. The van der Waals surface area contributed by atoms with Crippen LogP contribution >= 0.6 is 0 Å². The normalized spacial score (nSPS) is 21.1. The van der Waals surface area contributed by atoms with Gasteiger partial charge in [-0.2, -0.15) is 0 Å². The molecular formula is C24H18O. The fourth-order valence-electron chi connectivity index (χ4n) is 4.80. The van der Waals surface area contributed by atoms with E-state index >= 15 is 0 Å². The molecule has 0 aliphatic carbocycles. The molecule has 0 amide bonds. The summed E-state index contributed by atoms with van der Waals surface area (Å²) in [4.78, 5) is 0. The summed E-state index contributed by atoms with van der Waals surface area (Å²) < 4.78 is 6.47. The molecule has 2 unspecified atom stereocenters. The standard InChI is InChI=1S/C24H18O/c1-3-7-17-15(5-1)9-11-19-21(17)13-23-20-12-10-16-6-2-4-8-18(16)22(20)14-24(19)25-23/h1-12,23-24H,13-14H2. The Balaban J connectivity index is 1.59. The van der Waals surface area contributed by atoms with Gasteiger partial charge in [-0.25, -0.2) is 0 Å². The van der Waals surface area contributed by atoms with E-state index in [1.54, 1.807) is 0 Å². The molecule has 6 rings (SSSR count). The Labute approximate surface area is 146 Å². The van der Waals surface area contributed by atoms with Crippen molar-refractivity contribution in [3.05, 3.63) is 95.1 Å². The average molecular weight is 322 g/mol. The fourth-order valence-corrected chi connectivity index (χ4v) is 4.80. The average Bonchev–Trinajstić information content (AvgIpc) is 2.68. The molecule has 2 heterocycles. The van der Waals surface area contributed by atoms with E-state index in [0.717, 1.165) is 12.8 Å². The van der Waals surface area contributed by atoms with Gasteiger partial charge in [-0.15, -0.1) is 0 Å². The lowest BCUT2D eigenvalue weighted by Crippen LogP contribution is -2.27. The highest BCUT2D eigenvalue weighted by Crippen LogP contribution is 2.47. The van der Waals surface area contributed by atoms with Crippen LogP contribution in [0.3, 0.4) is 0 Å². The Morgan fingerprint density at radius 3 is 1.56 bits per heavy atom. The van der Waals surface area contributed by atoms with Crippen LogP contribution in [0.2, 0.25) is 0 Å². The molecule has 0 saturated carbocycles. The van der Waals surface area contributed by atoms with Gasteiger partial charge in [-0.1, -0.05) is 72.8 Å². The molecule has 1 nitrogen and oxygen atoms in total. The molecular weight excluding hydrogens is 304 g/mol. The minimum Gasteiger partial charge on any atom is -0.365 e. The number of hydrogen-bond donors (Lipinski definition) is 0. The SMILES string of the molecule is c1ccc2c3c(ccc2c1)C1Cc2c(ccc4ccccc24)C(C3)O1. The lowest BCUT2D eigenvalue weighted by atomic mass is 9.79. The van der Waals surface area contributed by atoms with Crippen LogP contribution in [0, 0.1) is 0 Å². The van der Waals surface area contributed by atoms with Crippen LogP contribution in [-0.4, -0.2) is 0 Å². The lowest BCUT2D eigenvalue weighted by molar-refractivity contribution is -0.0383. The summed E-state index contributed by atoms with van der Waals surface area (Å²) in [6.07, 6.45) is 2.30. The Morgan fingerprint density at radius 2 is 1.04 bits per heavy atom. The van der Waals surface area contributed by atoms with Crippen molar-refractivity contribution in [2.45, 2.75) is 25.0 Å². The molecule has 0 fully saturated rings. The molecule has 0 N–H and O–H groups in total. The van der Waals surface area contributed by atoms with E-state index in [1.165, 1.54) is 43.8 Å². The van der Waals surface area contributed by atoms with Crippen molar-refractivity contribution in [3.8, 4) is 0 Å². The molecule has 1 heteroatoms. The van der Waals surface area contributed by atoms with E-state index < -0.39 is 0 Å². The van der Waals surface area contributed by atoms with Gasteiger partial charge in [-0.05, 0) is 43.8 Å². The van der Waals surface area contributed by atoms with E-state index in [1.807, 2.05) is 0 Å². The van der Waals surface area contributed by atoms with E-state index in [-0.39, 0.29) is 12.2 Å². The minimum absolute atomic E-state index is 0.177. The molecule has 2 atom stereocenters. The molecule has 4 aromatic carbocycles. The summed E-state index contributed by atoms with van der Waals surface area (Å²) in [5, 5.41) is 5.45. The van der Waals surface area contributed by atoms with Crippen LogP contribution in [0.15, 0.2) is 72.8 Å². The van der Waals surface area contributed by atoms with Gasteiger partial charge >= 0.3 is 0 Å². The summed E-state index contributed by atoms with van der Waals surface area (Å²) in [7, 11) is 0. The van der Waals surface area contributed by atoms with Gasteiger partial charge in [0.1, 0.15) is 0 Å². The molecule has 0 spiro atoms. The Hall–Kier alpha value is -2.64. The van der Waals surface area contributed by atoms with Crippen molar-refractivity contribution < 1.29 is 4.74 Å². The summed E-state index contributed by atoms with van der Waals surface area (Å²) in [5.41, 5.74) is 5.73. The summed E-state index contributed by atoms with van der Waals surface area (Å²) in [5.74, 6) is 0. The summed E-state index contributed by atoms with van der Waals surface area (Å²) in [6, 6.07) is 26.5. The van der Waals surface area contributed by atoms with Gasteiger partial charge in [0.25, 0.3) is 0 Å². The molecule has 0 aromatic heterocycles. The van der Waals surface area contributed by atoms with Gasteiger partial charge in [0.2, 0.25) is 0 Å². The molecule has 25 heavy (non-hydrogen) atoms. The third-order valence-corrected chi connectivity index (χ3v) is 5.95. The predicted molar refractivity (Wildman–Crippen MR) is 102 cm³/mol. The molecule has 2 bridgehead atoms. The zero-order valence-corrected chi connectivity index (χ0v) is 13.9. The minimum atomic E-state index is 0.177. The van der Waals surface area contributed by atoms with Gasteiger partial charge in [-0.3, -0.25) is 0 Å². The van der Waals surface area contributed by atoms with Crippen LogP contribution in [0.4, 0.5) is 0 Å². The topological polar surface area (TPSA) is 9.23 Å². The van der Waals surface area contributed by atoms with Crippen molar-refractivity contribution in [2.24, 2.45) is 0 Å². The van der Waals surface area contributed by atoms with Crippen molar-refractivity contribution in [1.82, 2.24) is 0 Å². The Bertz CT molecular complexity index is 1050. The number of benzene rings is 4. The zero-order chi connectivity index (χ0) is 16.4. The van der Waals surface area contributed by atoms with Crippen molar-refractivity contribution in [1.29, 1.82) is 0 Å². The molecule has 2 aliphatic rings. The van der Waals surface area contributed by atoms with Crippen molar-refractivity contribution in [2.75, 3.05) is 0 Å². The first kappa shape index (κ1) is 13.6. The number of fused-ring (bicyclic) bond motifs is 10. The van der Waals surface area contributed by atoms with Crippen LogP contribution in [-0.2, 0) is 17.6 Å². The molecule has 2 aliphatic heterocycles. The molecule has 0 radical (unpaired) electrons. The van der Waals surface area contributed by atoms with E-state index in [0.29, 0.717) is 0 Å². The van der Waals surface area contributed by atoms with Crippen molar-refractivity contribution in [3.63, 3.8) is 0 Å². The number of rotatable bonds is 0. The summed E-state index contributed by atoms with van der Waals surface area (Å²) >= 11 is 0. The number of ether oxygens (including phenoxy) is 1. The summed E-state index contributed by atoms with van der Waals surface area (Å²) in [6.45, 7) is 0. The second-order valence-electron chi connectivity index (χ2n) is 7.23. The first-order chi connectivity index (χ1) is 12.4. The third-order valence-electron chi connectivity index (χ3n) is 5.95. The predicted octanol–water partition coefficient (Wildman–Crippen LogP) is 5.90. The first-order valence-electron chi connectivity index (χ1n) is 9.05. The third kappa shape index (κ3) is 1.87. The van der Waals surface area contributed by atoms with Crippen LogP contribution in [0.1, 0.15) is 34.5 Å². The Morgan fingerprint density at radius 1 is 0.560 bits per heavy atom. The monoisotopic (exact) mass is 322 g/mol. The maximum atomic E-state index is 6.47. The quantitative estimate of drug-likeness (QED) is 0.391. The highest BCUT2D eigenvalue weighted by molar-refractivity contribution is 5.89.